The van der Waals surface area contributed by atoms with Crippen molar-refractivity contribution in [1.82, 2.24) is 29.5 Å². The maximum Gasteiger partial charge on any atom is 0.328 e. The number of para-hydroxylation sites is 1. The lowest BCUT2D eigenvalue weighted by molar-refractivity contribution is 0.0713. The number of benzene rings is 2. The van der Waals surface area contributed by atoms with E-state index >= 15 is 0 Å². The second-order valence-corrected chi connectivity index (χ2v) is 11.5. The van der Waals surface area contributed by atoms with Gasteiger partial charge in [0.2, 0.25) is 0 Å². The van der Waals surface area contributed by atoms with Gasteiger partial charge in [-0.2, -0.15) is 9.61 Å². The molecular formula is C27H27ClFN7O4S. The zero-order valence-corrected chi connectivity index (χ0v) is 23.5. The number of anilines is 2. The van der Waals surface area contributed by atoms with Crippen molar-refractivity contribution in [3.63, 3.8) is 0 Å². The standard InChI is InChI=1S/C27H27ClFN7O4S/c1-2-30-27(38)34-41(39,40)23-16-32-36-24(33-22-6-4-3-5-21(22)28)20(15-31-25(23)36)26(37)35-13-11-18(12-14-35)17-7-9-19(29)10-8-17/h3-10,15-16,18,33H,2,11-14H2,1H3,(H2,30,34,38). The molecule has 4 aromatic rings. The number of aromatic nitrogens is 3. The van der Waals surface area contributed by atoms with E-state index in [0.717, 1.165) is 11.8 Å². The monoisotopic (exact) mass is 599 g/mol. The largest absolute Gasteiger partial charge is 0.338 e. The van der Waals surface area contributed by atoms with Crippen LogP contribution in [0.5, 0.6) is 0 Å². The first-order chi connectivity index (χ1) is 19.7. The summed E-state index contributed by atoms with van der Waals surface area (Å²) in [7, 11) is -4.33. The molecule has 14 heteroatoms. The molecule has 1 aliphatic heterocycles. The Kier molecular flexibility index (Phi) is 8.08. The van der Waals surface area contributed by atoms with Gasteiger partial charge in [-0.3, -0.25) is 4.79 Å². The highest BCUT2D eigenvalue weighted by atomic mass is 35.5. The summed E-state index contributed by atoms with van der Waals surface area (Å²) in [5.74, 6) is -0.269. The fourth-order valence-corrected chi connectivity index (χ4v) is 5.94. The first-order valence-electron chi connectivity index (χ1n) is 12.9. The van der Waals surface area contributed by atoms with Gasteiger partial charge in [0.15, 0.2) is 10.5 Å². The molecule has 0 radical (unpaired) electrons. The van der Waals surface area contributed by atoms with Crippen LogP contribution in [0, 0.1) is 5.82 Å². The highest BCUT2D eigenvalue weighted by molar-refractivity contribution is 7.90. The van der Waals surface area contributed by atoms with Crippen molar-refractivity contribution in [2.24, 2.45) is 0 Å². The summed E-state index contributed by atoms with van der Waals surface area (Å²) < 4.78 is 42.4. The van der Waals surface area contributed by atoms with Gasteiger partial charge in [0.05, 0.1) is 16.9 Å². The Morgan fingerprint density at radius 1 is 1.07 bits per heavy atom. The van der Waals surface area contributed by atoms with Gasteiger partial charge in [0, 0.05) is 25.8 Å². The van der Waals surface area contributed by atoms with Gasteiger partial charge in [0.1, 0.15) is 17.2 Å². The van der Waals surface area contributed by atoms with E-state index < -0.39 is 16.1 Å². The average molecular weight is 600 g/mol. The number of likely N-dealkylation sites (tertiary alicyclic amines) is 1. The minimum atomic E-state index is -4.33. The number of carbonyl (C=O) groups excluding carboxylic acids is 2. The van der Waals surface area contributed by atoms with Gasteiger partial charge < -0.3 is 15.5 Å². The summed E-state index contributed by atoms with van der Waals surface area (Å²) in [6.45, 7) is 2.80. The lowest BCUT2D eigenvalue weighted by atomic mass is 9.89. The van der Waals surface area contributed by atoms with E-state index in [1.54, 1.807) is 48.2 Å². The van der Waals surface area contributed by atoms with Crippen LogP contribution in [-0.4, -0.2) is 59.5 Å². The summed E-state index contributed by atoms with van der Waals surface area (Å²) in [5.41, 5.74) is 1.55. The number of sulfonamides is 1. The fourth-order valence-electron chi connectivity index (χ4n) is 4.76. The molecule has 0 bridgehead atoms. The molecule has 1 saturated heterocycles. The van der Waals surface area contributed by atoms with Crippen molar-refractivity contribution in [2.75, 3.05) is 25.0 Å². The minimum Gasteiger partial charge on any atom is -0.338 e. The van der Waals surface area contributed by atoms with Crippen molar-refractivity contribution in [1.29, 1.82) is 0 Å². The van der Waals surface area contributed by atoms with Gasteiger partial charge >= 0.3 is 6.03 Å². The molecule has 3 amide bonds. The van der Waals surface area contributed by atoms with Crippen molar-refractivity contribution >= 4 is 50.7 Å². The number of nitrogens with one attached hydrogen (secondary N) is 3. The third-order valence-corrected chi connectivity index (χ3v) is 8.48. The van der Waals surface area contributed by atoms with E-state index in [1.807, 2.05) is 4.72 Å². The van der Waals surface area contributed by atoms with E-state index in [-0.39, 0.29) is 46.1 Å². The Bertz CT molecular complexity index is 1700. The first-order valence-corrected chi connectivity index (χ1v) is 14.8. The summed E-state index contributed by atoms with van der Waals surface area (Å²) >= 11 is 6.38. The molecule has 1 fully saturated rings. The van der Waals surface area contributed by atoms with Crippen molar-refractivity contribution in [3.8, 4) is 0 Å². The number of fused-ring (bicyclic) bond motifs is 1. The number of hydrogen-bond donors (Lipinski definition) is 3. The Labute approximate surface area is 240 Å². The Morgan fingerprint density at radius 3 is 2.46 bits per heavy atom. The van der Waals surface area contributed by atoms with Crippen molar-refractivity contribution < 1.29 is 22.4 Å². The lowest BCUT2D eigenvalue weighted by Gasteiger charge is -2.32. The van der Waals surface area contributed by atoms with Crippen LogP contribution >= 0.6 is 11.6 Å². The van der Waals surface area contributed by atoms with Crippen molar-refractivity contribution in [2.45, 2.75) is 30.6 Å². The van der Waals surface area contributed by atoms with Gasteiger partial charge in [-0.25, -0.2) is 27.3 Å². The predicted octanol–water partition coefficient (Wildman–Crippen LogP) is 4.29. The molecule has 0 saturated carbocycles. The Morgan fingerprint density at radius 2 is 1.78 bits per heavy atom. The lowest BCUT2D eigenvalue weighted by Crippen LogP contribution is -2.39. The van der Waals surface area contributed by atoms with Crippen LogP contribution in [0.25, 0.3) is 5.65 Å². The quantitative estimate of drug-likeness (QED) is 0.288. The highest BCUT2D eigenvalue weighted by Crippen LogP contribution is 2.32. The van der Waals surface area contributed by atoms with E-state index in [4.69, 9.17) is 11.6 Å². The van der Waals surface area contributed by atoms with Gasteiger partial charge in [-0.15, -0.1) is 0 Å². The van der Waals surface area contributed by atoms with Gasteiger partial charge in [0.25, 0.3) is 15.9 Å². The smallest absolute Gasteiger partial charge is 0.328 e. The number of amides is 3. The van der Waals surface area contributed by atoms with Crippen LogP contribution in [0.1, 0.15) is 41.6 Å². The SMILES string of the molecule is CCNC(=O)NS(=O)(=O)c1cnn2c(Nc3ccccc3Cl)c(C(=O)N3CCC(c4ccc(F)cc4)CC3)cnc12. The first kappa shape index (κ1) is 28.3. The maximum absolute atomic E-state index is 13.8. The number of halogens is 2. The second kappa shape index (κ2) is 11.7. The summed E-state index contributed by atoms with van der Waals surface area (Å²) in [6.07, 6.45) is 3.73. The van der Waals surface area contributed by atoms with E-state index in [9.17, 15) is 22.4 Å². The summed E-state index contributed by atoms with van der Waals surface area (Å²) in [6, 6.07) is 12.4. The fraction of sp³-hybridized carbons (Fsp3) is 0.259. The van der Waals surface area contributed by atoms with E-state index in [1.165, 1.54) is 22.8 Å². The normalized spacial score (nSPS) is 14.2. The van der Waals surface area contributed by atoms with Crippen LogP contribution in [0.2, 0.25) is 5.02 Å². The molecule has 0 unspecified atom stereocenters. The topological polar surface area (TPSA) is 138 Å². The van der Waals surface area contributed by atoms with Crippen molar-refractivity contribution in [3.05, 3.63) is 82.9 Å². The molecule has 0 spiro atoms. The molecule has 1 aliphatic rings. The number of urea groups is 1. The zero-order valence-electron chi connectivity index (χ0n) is 22.0. The molecule has 3 N–H and O–H groups in total. The van der Waals surface area contributed by atoms with Crippen LogP contribution in [0.15, 0.2) is 65.8 Å². The summed E-state index contributed by atoms with van der Waals surface area (Å²) in [4.78, 5) is 31.3. The zero-order chi connectivity index (χ0) is 29.1. The number of hydrogen-bond acceptors (Lipinski definition) is 7. The maximum atomic E-state index is 13.8. The molecule has 3 heterocycles. The molecule has 214 valence electrons. The Balaban J connectivity index is 1.48. The average Bonchev–Trinajstić information content (AvgIpc) is 3.40. The molecule has 0 atom stereocenters. The molecule has 0 aliphatic carbocycles. The van der Waals surface area contributed by atoms with E-state index in [2.05, 4.69) is 20.7 Å². The number of piperidine rings is 1. The van der Waals surface area contributed by atoms with Crippen LogP contribution < -0.4 is 15.4 Å². The van der Waals surface area contributed by atoms with Gasteiger partial charge in [-0.05, 0) is 55.5 Å². The molecule has 2 aromatic heterocycles. The molecule has 5 rings (SSSR count). The molecule has 2 aromatic carbocycles. The highest BCUT2D eigenvalue weighted by Gasteiger charge is 2.30. The van der Waals surface area contributed by atoms with Crippen LogP contribution in [0.4, 0.5) is 20.7 Å². The number of nitrogens with zero attached hydrogens (tertiary/aromatic N) is 4. The Hall–Kier alpha value is -4.23. The van der Waals surface area contributed by atoms with Crippen LogP contribution in [-0.2, 0) is 10.0 Å². The predicted molar refractivity (Wildman–Crippen MR) is 151 cm³/mol. The molecule has 41 heavy (non-hydrogen) atoms. The number of rotatable bonds is 7. The van der Waals surface area contributed by atoms with Crippen LogP contribution in [0.3, 0.4) is 0 Å². The molecular weight excluding hydrogens is 573 g/mol. The van der Waals surface area contributed by atoms with Gasteiger partial charge in [-0.1, -0.05) is 35.9 Å². The number of carbonyl (C=O) groups is 2. The third-order valence-electron chi connectivity index (χ3n) is 6.83. The third kappa shape index (κ3) is 5.95. The summed E-state index contributed by atoms with van der Waals surface area (Å²) in [5, 5.41) is 10.1. The minimum absolute atomic E-state index is 0.0945. The second-order valence-electron chi connectivity index (χ2n) is 9.45. The van der Waals surface area contributed by atoms with E-state index in [0.29, 0.717) is 36.6 Å². The molecule has 11 nitrogen and oxygen atoms in total.